The highest BCUT2D eigenvalue weighted by Gasteiger charge is 2.50. The fourth-order valence-electron chi connectivity index (χ4n) is 4.93. The molecule has 0 bridgehead atoms. The van der Waals surface area contributed by atoms with Crippen molar-refractivity contribution in [3.63, 3.8) is 0 Å². The third kappa shape index (κ3) is 7.39. The van der Waals surface area contributed by atoms with Gasteiger partial charge in [-0.2, -0.15) is 0 Å². The number of hydrogen-bond donors (Lipinski definition) is 1. The van der Waals surface area contributed by atoms with E-state index in [0.29, 0.717) is 19.8 Å². The molecule has 1 amide bonds. The summed E-state index contributed by atoms with van der Waals surface area (Å²) in [6.07, 6.45) is 0.784. The van der Waals surface area contributed by atoms with E-state index in [2.05, 4.69) is 93.7 Å². The lowest BCUT2D eigenvalue weighted by atomic mass is 10.0. The Morgan fingerprint density at radius 1 is 0.833 bits per heavy atom. The number of nitrogens with one attached hydrogen (secondary N) is 1. The predicted octanol–water partition coefficient (Wildman–Crippen LogP) is 5.31. The molecule has 0 radical (unpaired) electrons. The van der Waals surface area contributed by atoms with Crippen LogP contribution < -0.4 is 15.7 Å². The SMILES string of the molecule is CC(=O)N[C@@H](COCc1ccccc1)C[C@H](C)CO[Si](c1ccccc1)(c1ccccc1)C(C)(C)C. The van der Waals surface area contributed by atoms with Crippen LogP contribution in [-0.4, -0.2) is 33.5 Å². The zero-order valence-corrected chi connectivity index (χ0v) is 23.4. The van der Waals surface area contributed by atoms with Crippen LogP contribution in [0.25, 0.3) is 0 Å². The van der Waals surface area contributed by atoms with Crippen molar-refractivity contribution in [2.45, 2.75) is 58.7 Å². The first-order valence-electron chi connectivity index (χ1n) is 12.9. The molecule has 0 saturated heterocycles. The lowest BCUT2D eigenvalue weighted by Gasteiger charge is -2.43. The summed E-state index contributed by atoms with van der Waals surface area (Å²) in [6.45, 7) is 12.3. The van der Waals surface area contributed by atoms with Gasteiger partial charge in [0.05, 0.1) is 19.3 Å². The summed E-state index contributed by atoms with van der Waals surface area (Å²) in [5.74, 6) is 0.201. The monoisotopic (exact) mass is 503 g/mol. The van der Waals surface area contributed by atoms with Crippen LogP contribution in [0.4, 0.5) is 0 Å². The molecular weight excluding hydrogens is 462 g/mol. The van der Waals surface area contributed by atoms with E-state index >= 15 is 0 Å². The summed E-state index contributed by atoms with van der Waals surface area (Å²) >= 11 is 0. The van der Waals surface area contributed by atoms with Crippen molar-refractivity contribution >= 4 is 24.6 Å². The van der Waals surface area contributed by atoms with Crippen molar-refractivity contribution in [1.29, 1.82) is 0 Å². The number of benzene rings is 3. The van der Waals surface area contributed by atoms with Crippen molar-refractivity contribution in [2.75, 3.05) is 13.2 Å². The van der Waals surface area contributed by atoms with E-state index in [-0.39, 0.29) is 22.9 Å². The zero-order valence-electron chi connectivity index (χ0n) is 22.4. The van der Waals surface area contributed by atoms with Gasteiger partial charge in [-0.05, 0) is 33.3 Å². The van der Waals surface area contributed by atoms with Crippen LogP contribution in [-0.2, 0) is 20.6 Å². The third-order valence-electron chi connectivity index (χ3n) is 6.53. The van der Waals surface area contributed by atoms with E-state index in [4.69, 9.17) is 9.16 Å². The molecule has 0 unspecified atom stereocenters. The first kappa shape index (κ1) is 27.8. The van der Waals surface area contributed by atoms with Crippen LogP contribution in [0.2, 0.25) is 5.04 Å². The molecule has 0 saturated carbocycles. The van der Waals surface area contributed by atoms with Crippen LogP contribution in [0, 0.1) is 5.92 Å². The Morgan fingerprint density at radius 2 is 1.33 bits per heavy atom. The third-order valence-corrected chi connectivity index (χ3v) is 11.5. The van der Waals surface area contributed by atoms with Crippen molar-refractivity contribution in [1.82, 2.24) is 5.32 Å². The summed E-state index contributed by atoms with van der Waals surface area (Å²) in [5.41, 5.74) is 1.13. The average Bonchev–Trinajstić information content (AvgIpc) is 2.85. The van der Waals surface area contributed by atoms with E-state index in [0.717, 1.165) is 12.0 Å². The van der Waals surface area contributed by atoms with Crippen LogP contribution >= 0.6 is 0 Å². The molecule has 2 atom stereocenters. The molecule has 0 heterocycles. The summed E-state index contributed by atoms with van der Waals surface area (Å²) < 4.78 is 13.1. The fraction of sp³-hybridized carbons (Fsp3) is 0.387. The highest BCUT2D eigenvalue weighted by molar-refractivity contribution is 6.99. The summed E-state index contributed by atoms with van der Waals surface area (Å²) in [6, 6.07) is 31.5. The maximum atomic E-state index is 11.9. The van der Waals surface area contributed by atoms with Crippen LogP contribution in [0.3, 0.4) is 0 Å². The molecule has 1 N–H and O–H groups in total. The molecule has 0 fully saturated rings. The van der Waals surface area contributed by atoms with Gasteiger partial charge in [-0.15, -0.1) is 0 Å². The van der Waals surface area contributed by atoms with Gasteiger partial charge in [0.25, 0.3) is 8.32 Å². The van der Waals surface area contributed by atoms with Crippen LogP contribution in [0.1, 0.15) is 46.6 Å². The Kier molecular flexibility index (Phi) is 10.1. The first-order chi connectivity index (χ1) is 17.2. The Bertz CT molecular complexity index is 1010. The molecule has 3 aromatic rings. The maximum absolute atomic E-state index is 11.9. The quantitative estimate of drug-likeness (QED) is 0.341. The van der Waals surface area contributed by atoms with Crippen molar-refractivity contribution in [3.8, 4) is 0 Å². The van der Waals surface area contributed by atoms with Crippen molar-refractivity contribution in [2.24, 2.45) is 5.92 Å². The molecule has 0 aliphatic carbocycles. The number of carbonyl (C=O) groups is 1. The first-order valence-corrected chi connectivity index (χ1v) is 14.8. The lowest BCUT2D eigenvalue weighted by molar-refractivity contribution is -0.120. The Hall–Kier alpha value is -2.73. The van der Waals surface area contributed by atoms with Gasteiger partial charge in [0.15, 0.2) is 0 Å². The molecule has 3 rings (SSSR count). The zero-order chi connectivity index (χ0) is 26.0. The molecular formula is C31H41NO3Si. The molecule has 0 spiro atoms. The highest BCUT2D eigenvalue weighted by atomic mass is 28.4. The second-order valence-electron chi connectivity index (χ2n) is 10.7. The van der Waals surface area contributed by atoms with E-state index in [1.165, 1.54) is 10.4 Å². The Labute approximate surface area is 218 Å². The normalized spacial score (nSPS) is 13.7. The Morgan fingerprint density at radius 3 is 1.81 bits per heavy atom. The van der Waals surface area contributed by atoms with E-state index in [9.17, 15) is 4.79 Å². The summed E-state index contributed by atoms with van der Waals surface area (Å²) in [5, 5.41) is 5.57. The largest absolute Gasteiger partial charge is 0.407 e. The van der Waals surface area contributed by atoms with Gasteiger partial charge in [-0.1, -0.05) is 119 Å². The molecule has 4 nitrogen and oxygen atoms in total. The molecule has 0 aliphatic rings. The number of amides is 1. The Balaban J connectivity index is 1.74. The molecule has 3 aromatic carbocycles. The smallest absolute Gasteiger partial charge is 0.261 e. The minimum absolute atomic E-state index is 0.0385. The van der Waals surface area contributed by atoms with E-state index < -0.39 is 8.32 Å². The number of ether oxygens (including phenoxy) is 1. The molecule has 192 valence electrons. The molecule has 0 aliphatic heterocycles. The summed E-state index contributed by atoms with van der Waals surface area (Å²) in [7, 11) is -2.58. The fourth-order valence-corrected chi connectivity index (χ4v) is 9.62. The van der Waals surface area contributed by atoms with E-state index in [1.807, 2.05) is 30.3 Å². The van der Waals surface area contributed by atoms with Gasteiger partial charge >= 0.3 is 0 Å². The lowest BCUT2D eigenvalue weighted by Crippen LogP contribution is -2.66. The van der Waals surface area contributed by atoms with Crippen molar-refractivity contribution in [3.05, 3.63) is 96.6 Å². The molecule has 5 heteroatoms. The van der Waals surface area contributed by atoms with Gasteiger partial charge in [0.2, 0.25) is 5.91 Å². The van der Waals surface area contributed by atoms with Gasteiger partial charge in [0.1, 0.15) is 0 Å². The molecule has 36 heavy (non-hydrogen) atoms. The average molecular weight is 504 g/mol. The minimum atomic E-state index is -2.58. The second kappa shape index (κ2) is 13.0. The molecule has 0 aromatic heterocycles. The second-order valence-corrected chi connectivity index (χ2v) is 15.0. The van der Waals surface area contributed by atoms with E-state index in [1.54, 1.807) is 6.92 Å². The van der Waals surface area contributed by atoms with Gasteiger partial charge < -0.3 is 14.5 Å². The standard InChI is InChI=1S/C31H41NO3Si/c1-25(21-28(32-26(2)33)24-34-23-27-15-9-6-10-16-27)22-35-36(31(3,4)5,29-17-11-7-12-18-29)30-19-13-8-14-20-30/h6-20,25,28H,21-24H2,1-5H3,(H,32,33)/t25-,28+/m0/s1. The number of carbonyl (C=O) groups excluding carboxylic acids is 1. The van der Waals surface area contributed by atoms with Gasteiger partial charge in [0, 0.05) is 13.5 Å². The minimum Gasteiger partial charge on any atom is -0.407 e. The summed E-state index contributed by atoms with van der Waals surface area (Å²) in [4.78, 5) is 11.9. The van der Waals surface area contributed by atoms with Crippen LogP contribution in [0.15, 0.2) is 91.0 Å². The number of hydrogen-bond acceptors (Lipinski definition) is 3. The predicted molar refractivity (Wildman–Crippen MR) is 151 cm³/mol. The maximum Gasteiger partial charge on any atom is 0.261 e. The van der Waals surface area contributed by atoms with Gasteiger partial charge in [-0.25, -0.2) is 0 Å². The van der Waals surface area contributed by atoms with Crippen LogP contribution in [0.5, 0.6) is 0 Å². The topological polar surface area (TPSA) is 47.6 Å². The number of rotatable bonds is 12. The van der Waals surface area contributed by atoms with Crippen molar-refractivity contribution < 1.29 is 14.0 Å². The van der Waals surface area contributed by atoms with Gasteiger partial charge in [-0.3, -0.25) is 4.79 Å². The highest BCUT2D eigenvalue weighted by Crippen LogP contribution is 2.37.